The molecule has 6 heteroatoms. The molecule has 3 rings (SSSR count). The Morgan fingerprint density at radius 2 is 1.22 bits per heavy atom. The summed E-state index contributed by atoms with van der Waals surface area (Å²) in [6, 6.07) is 17.8. The van der Waals surface area contributed by atoms with E-state index in [-0.39, 0.29) is 11.1 Å². The van der Waals surface area contributed by atoms with Crippen LogP contribution in [0.5, 0.6) is 23.0 Å². The molecule has 3 aromatic rings. The number of rotatable bonds is 10. The van der Waals surface area contributed by atoms with Gasteiger partial charge in [0.2, 0.25) is 0 Å². The van der Waals surface area contributed by atoms with Crippen LogP contribution in [0, 0.1) is 12.3 Å². The molecule has 3 aromatic carbocycles. The largest absolute Gasteiger partial charge is 0.478 e. The van der Waals surface area contributed by atoms with Gasteiger partial charge < -0.3 is 19.7 Å². The first-order valence-corrected chi connectivity index (χ1v) is 10.1. The lowest BCUT2D eigenvalue weighted by molar-refractivity contribution is 0.0686. The fourth-order valence-corrected chi connectivity index (χ4v) is 3.10. The Balaban J connectivity index is 1.87. The SMILES string of the molecule is C#CCCCCc1c(Oc2ccc(C(=O)O)cc2)cccc1Oc1ccc(C(=O)O)cc1. The van der Waals surface area contributed by atoms with Gasteiger partial charge >= 0.3 is 11.9 Å². The van der Waals surface area contributed by atoms with Crippen molar-refractivity contribution in [2.75, 3.05) is 0 Å². The molecule has 0 spiro atoms. The van der Waals surface area contributed by atoms with Crippen molar-refractivity contribution in [1.82, 2.24) is 0 Å². The number of hydrogen-bond acceptors (Lipinski definition) is 4. The molecule has 0 aliphatic carbocycles. The van der Waals surface area contributed by atoms with Crippen molar-refractivity contribution in [2.45, 2.75) is 25.7 Å². The van der Waals surface area contributed by atoms with Gasteiger partial charge in [0.1, 0.15) is 23.0 Å². The second-order valence-electron chi connectivity index (χ2n) is 7.01. The molecule has 0 unspecified atom stereocenters. The zero-order valence-electron chi connectivity index (χ0n) is 17.3. The standard InChI is InChI=1S/C26H22O6/c1-2-3-4-5-7-22-23(31-20-14-10-18(11-15-20)25(27)28)8-6-9-24(22)32-21-16-12-19(13-17-21)26(29)30/h1,6,8-17H,3-5,7H2,(H,27,28)(H,29,30). The van der Waals surface area contributed by atoms with Gasteiger partial charge in [0, 0.05) is 12.0 Å². The Morgan fingerprint density at radius 1 is 0.750 bits per heavy atom. The van der Waals surface area contributed by atoms with Crippen molar-refractivity contribution in [2.24, 2.45) is 0 Å². The van der Waals surface area contributed by atoms with Crippen molar-refractivity contribution >= 4 is 11.9 Å². The van der Waals surface area contributed by atoms with Gasteiger partial charge in [-0.25, -0.2) is 9.59 Å². The van der Waals surface area contributed by atoms with Crippen LogP contribution < -0.4 is 9.47 Å². The van der Waals surface area contributed by atoms with Crippen molar-refractivity contribution in [3.8, 4) is 35.3 Å². The highest BCUT2D eigenvalue weighted by Crippen LogP contribution is 2.36. The van der Waals surface area contributed by atoms with E-state index >= 15 is 0 Å². The predicted octanol–water partition coefficient (Wildman–Crippen LogP) is 6.01. The summed E-state index contributed by atoms with van der Waals surface area (Å²) in [5.74, 6) is 2.81. The molecule has 0 fully saturated rings. The number of unbranched alkanes of at least 4 members (excludes halogenated alkanes) is 2. The van der Waals surface area contributed by atoms with Crippen molar-refractivity contribution in [3.05, 3.63) is 83.4 Å². The number of hydrogen-bond donors (Lipinski definition) is 2. The highest BCUT2D eigenvalue weighted by Gasteiger charge is 2.14. The molecule has 162 valence electrons. The molecule has 32 heavy (non-hydrogen) atoms. The van der Waals surface area contributed by atoms with Crippen LogP contribution in [0.2, 0.25) is 0 Å². The van der Waals surface area contributed by atoms with E-state index in [1.165, 1.54) is 24.3 Å². The van der Waals surface area contributed by atoms with Crippen LogP contribution in [-0.2, 0) is 6.42 Å². The lowest BCUT2D eigenvalue weighted by atomic mass is 10.0. The number of ether oxygens (including phenoxy) is 2. The topological polar surface area (TPSA) is 93.1 Å². The van der Waals surface area contributed by atoms with Gasteiger partial charge in [-0.3, -0.25) is 0 Å². The fraction of sp³-hybridized carbons (Fsp3) is 0.154. The Kier molecular flexibility index (Phi) is 7.50. The molecule has 2 N–H and O–H groups in total. The maximum Gasteiger partial charge on any atom is 0.335 e. The quantitative estimate of drug-likeness (QED) is 0.302. The minimum atomic E-state index is -1.00. The first kappa shape index (κ1) is 22.4. The summed E-state index contributed by atoms with van der Waals surface area (Å²) in [6.45, 7) is 0. The fourth-order valence-electron chi connectivity index (χ4n) is 3.10. The van der Waals surface area contributed by atoms with Crippen LogP contribution in [0.15, 0.2) is 66.7 Å². The highest BCUT2D eigenvalue weighted by atomic mass is 16.5. The summed E-state index contributed by atoms with van der Waals surface area (Å²) in [5.41, 5.74) is 1.19. The van der Waals surface area contributed by atoms with E-state index in [2.05, 4.69) is 5.92 Å². The number of benzene rings is 3. The number of aromatic carboxylic acids is 2. The van der Waals surface area contributed by atoms with Gasteiger partial charge in [-0.2, -0.15) is 0 Å². The van der Waals surface area contributed by atoms with E-state index in [1.807, 2.05) is 12.1 Å². The summed E-state index contributed by atoms with van der Waals surface area (Å²) in [4.78, 5) is 22.1. The molecule has 0 aliphatic heterocycles. The van der Waals surface area contributed by atoms with Crippen LogP contribution in [0.3, 0.4) is 0 Å². The Labute approximate surface area is 186 Å². The Morgan fingerprint density at radius 3 is 1.62 bits per heavy atom. The normalized spacial score (nSPS) is 10.2. The molecule has 0 aliphatic rings. The second-order valence-corrected chi connectivity index (χ2v) is 7.01. The van der Waals surface area contributed by atoms with Gasteiger partial charge in [-0.15, -0.1) is 12.3 Å². The lowest BCUT2D eigenvalue weighted by Crippen LogP contribution is -1.99. The van der Waals surface area contributed by atoms with E-state index in [1.54, 1.807) is 30.3 Å². The monoisotopic (exact) mass is 430 g/mol. The molecule has 0 saturated heterocycles. The summed E-state index contributed by atoms with van der Waals surface area (Å²) in [6.07, 6.45) is 8.37. The summed E-state index contributed by atoms with van der Waals surface area (Å²) < 4.78 is 12.1. The third-order valence-corrected chi connectivity index (χ3v) is 4.75. The lowest BCUT2D eigenvalue weighted by Gasteiger charge is -2.16. The van der Waals surface area contributed by atoms with E-state index in [4.69, 9.17) is 26.1 Å². The first-order chi connectivity index (χ1) is 15.5. The number of carbonyl (C=O) groups is 2. The molecule has 0 amide bonds. The third kappa shape index (κ3) is 5.89. The second kappa shape index (κ2) is 10.7. The van der Waals surface area contributed by atoms with Gasteiger partial charge in [-0.05, 0) is 79.9 Å². The van der Waals surface area contributed by atoms with E-state index in [0.717, 1.165) is 18.4 Å². The van der Waals surface area contributed by atoms with Gasteiger partial charge in [-0.1, -0.05) is 6.07 Å². The van der Waals surface area contributed by atoms with Crippen LogP contribution in [0.4, 0.5) is 0 Å². The molecule has 6 nitrogen and oxygen atoms in total. The minimum Gasteiger partial charge on any atom is -0.478 e. The molecule has 0 heterocycles. The average molecular weight is 430 g/mol. The van der Waals surface area contributed by atoms with Crippen LogP contribution in [-0.4, -0.2) is 22.2 Å². The zero-order chi connectivity index (χ0) is 22.9. The number of carboxylic acid groups (broad SMARTS) is 2. The zero-order valence-corrected chi connectivity index (χ0v) is 17.3. The summed E-state index contributed by atoms with van der Waals surface area (Å²) in [5, 5.41) is 18.1. The molecule has 0 atom stereocenters. The van der Waals surface area contributed by atoms with Gasteiger partial charge in [0.05, 0.1) is 11.1 Å². The third-order valence-electron chi connectivity index (χ3n) is 4.75. The predicted molar refractivity (Wildman–Crippen MR) is 120 cm³/mol. The van der Waals surface area contributed by atoms with Gasteiger partial charge in [0.25, 0.3) is 0 Å². The van der Waals surface area contributed by atoms with Crippen LogP contribution in [0.1, 0.15) is 45.5 Å². The molecular formula is C26H22O6. The summed E-state index contributed by atoms with van der Waals surface area (Å²) in [7, 11) is 0. The van der Waals surface area contributed by atoms with Crippen molar-refractivity contribution in [3.63, 3.8) is 0 Å². The highest BCUT2D eigenvalue weighted by molar-refractivity contribution is 5.88. The average Bonchev–Trinajstić information content (AvgIpc) is 2.79. The molecule has 0 bridgehead atoms. The van der Waals surface area contributed by atoms with E-state index < -0.39 is 11.9 Å². The van der Waals surface area contributed by atoms with Crippen molar-refractivity contribution < 1.29 is 29.3 Å². The number of carboxylic acids is 2. The first-order valence-electron chi connectivity index (χ1n) is 10.1. The van der Waals surface area contributed by atoms with Crippen molar-refractivity contribution in [1.29, 1.82) is 0 Å². The summed E-state index contributed by atoms with van der Waals surface area (Å²) >= 11 is 0. The minimum absolute atomic E-state index is 0.175. The van der Waals surface area contributed by atoms with Crippen LogP contribution >= 0.6 is 0 Å². The molecule has 0 saturated carbocycles. The number of terminal acetylenes is 1. The maximum absolute atomic E-state index is 11.1. The molecular weight excluding hydrogens is 408 g/mol. The smallest absolute Gasteiger partial charge is 0.335 e. The van der Waals surface area contributed by atoms with Gasteiger partial charge in [0.15, 0.2) is 0 Å². The molecule has 0 radical (unpaired) electrons. The van der Waals surface area contributed by atoms with E-state index in [0.29, 0.717) is 35.8 Å². The van der Waals surface area contributed by atoms with E-state index in [9.17, 15) is 9.59 Å². The van der Waals surface area contributed by atoms with Crippen LogP contribution in [0.25, 0.3) is 0 Å². The molecule has 0 aromatic heterocycles. The maximum atomic E-state index is 11.1. The Hall–Kier alpha value is -4.24. The Bertz CT molecular complexity index is 1050.